The van der Waals surface area contributed by atoms with Gasteiger partial charge >= 0.3 is 24.0 Å². The van der Waals surface area contributed by atoms with Gasteiger partial charge in [-0.2, -0.15) is 13.2 Å². The first-order valence-electron chi connectivity index (χ1n) is 14.3. The number of carbonyl (C=O) groups excluding carboxylic acids is 4. The van der Waals surface area contributed by atoms with E-state index in [1.54, 1.807) is 78.9 Å². The molecule has 0 aliphatic rings. The van der Waals surface area contributed by atoms with Crippen molar-refractivity contribution < 1.29 is 37.1 Å². The number of nitrogens with one attached hydrogen (secondary N) is 2. The summed E-state index contributed by atoms with van der Waals surface area (Å²) in [5.41, 5.74) is -0.984. The van der Waals surface area contributed by atoms with Crippen molar-refractivity contribution in [3.8, 4) is 5.75 Å². The predicted octanol–water partition coefficient (Wildman–Crippen LogP) is 5.73. The van der Waals surface area contributed by atoms with Gasteiger partial charge < -0.3 is 19.9 Å². The highest BCUT2D eigenvalue weighted by Gasteiger charge is 2.53. The van der Waals surface area contributed by atoms with Gasteiger partial charge in [0.1, 0.15) is 12.3 Å². The van der Waals surface area contributed by atoms with E-state index in [0.717, 1.165) is 34.9 Å². The number of hydrogen-bond acceptors (Lipinski definition) is 5. The Morgan fingerprint density at radius 3 is 1.72 bits per heavy atom. The number of amides is 5. The maximum absolute atomic E-state index is 14.6. The number of rotatable bonds is 10. The summed E-state index contributed by atoms with van der Waals surface area (Å²) in [6, 6.07) is 27.2. The second-order valence-corrected chi connectivity index (χ2v) is 10.3. The minimum absolute atomic E-state index is 0.00610. The quantitative estimate of drug-likeness (QED) is 0.214. The van der Waals surface area contributed by atoms with Gasteiger partial charge in [0.2, 0.25) is 11.8 Å². The lowest BCUT2D eigenvalue weighted by Gasteiger charge is -2.43. The van der Waals surface area contributed by atoms with Gasteiger partial charge in [-0.1, -0.05) is 66.7 Å². The molecule has 0 fully saturated rings. The average Bonchev–Trinajstić information content (AvgIpc) is 3.06. The summed E-state index contributed by atoms with van der Waals surface area (Å²) in [5.74, 6) is -5.40. The molecule has 0 bridgehead atoms. The van der Waals surface area contributed by atoms with Gasteiger partial charge in [-0.05, 0) is 48.5 Å². The first kappa shape index (κ1) is 34.0. The van der Waals surface area contributed by atoms with Crippen LogP contribution in [-0.4, -0.2) is 55.1 Å². The van der Waals surface area contributed by atoms with Crippen LogP contribution in [0.3, 0.4) is 0 Å². The lowest BCUT2D eigenvalue weighted by atomic mass is 10.1. The number of alkyl halides is 3. The fraction of sp³-hybridized carbons (Fsp3) is 0.176. The van der Waals surface area contributed by atoms with Crippen LogP contribution < -0.4 is 25.2 Å². The van der Waals surface area contributed by atoms with Crippen molar-refractivity contribution >= 4 is 40.8 Å². The van der Waals surface area contributed by atoms with Crippen molar-refractivity contribution in [1.82, 2.24) is 10.2 Å². The monoisotopic (exact) mass is 647 g/mol. The van der Waals surface area contributed by atoms with E-state index in [-0.39, 0.29) is 5.75 Å². The molecule has 0 heterocycles. The van der Waals surface area contributed by atoms with Crippen LogP contribution in [0.5, 0.6) is 5.75 Å². The van der Waals surface area contributed by atoms with Gasteiger partial charge in [0.15, 0.2) is 0 Å². The van der Waals surface area contributed by atoms with Crippen LogP contribution in [-0.2, 0) is 20.6 Å². The highest BCUT2D eigenvalue weighted by molar-refractivity contribution is 6.05. The smallest absolute Gasteiger partial charge is 0.418 e. The Labute approximate surface area is 269 Å². The fourth-order valence-electron chi connectivity index (χ4n) is 4.64. The van der Waals surface area contributed by atoms with Crippen molar-refractivity contribution in [3.63, 3.8) is 0 Å². The highest BCUT2D eigenvalue weighted by atomic mass is 19.4. The molecule has 0 radical (unpaired) electrons. The molecule has 244 valence electrons. The lowest BCUT2D eigenvalue weighted by Crippen LogP contribution is -2.74. The number of anilines is 3. The van der Waals surface area contributed by atoms with Crippen molar-refractivity contribution in [1.29, 1.82) is 0 Å². The first-order chi connectivity index (χ1) is 22.3. The molecule has 0 spiro atoms. The van der Waals surface area contributed by atoms with Crippen LogP contribution in [0, 0.1) is 0 Å². The van der Waals surface area contributed by atoms with Crippen LogP contribution >= 0.6 is 0 Å². The van der Waals surface area contributed by atoms with E-state index in [1.165, 1.54) is 37.2 Å². The van der Waals surface area contributed by atoms with Crippen LogP contribution in [0.25, 0.3) is 0 Å². The van der Waals surface area contributed by atoms with Gasteiger partial charge in [-0.25, -0.2) is 4.79 Å². The van der Waals surface area contributed by atoms with Crippen LogP contribution in [0.4, 0.5) is 35.0 Å². The van der Waals surface area contributed by atoms with E-state index in [0.29, 0.717) is 11.4 Å². The third-order valence-electron chi connectivity index (χ3n) is 7.08. The zero-order valence-corrected chi connectivity index (χ0v) is 25.7. The molecule has 5 amide bonds. The molecule has 0 saturated carbocycles. The Bertz CT molecular complexity index is 1710. The molecule has 2 N–H and O–H groups in total. The number of para-hydroxylation sites is 4. The van der Waals surface area contributed by atoms with Crippen LogP contribution in [0.1, 0.15) is 12.5 Å². The first-order valence-corrected chi connectivity index (χ1v) is 14.3. The van der Waals surface area contributed by atoms with Crippen LogP contribution in [0.15, 0.2) is 115 Å². The van der Waals surface area contributed by atoms with Gasteiger partial charge in [-0.15, -0.1) is 0 Å². The number of carbonyl (C=O) groups is 4. The molecule has 1 unspecified atom stereocenters. The van der Waals surface area contributed by atoms with Gasteiger partial charge in [0.05, 0.1) is 11.3 Å². The van der Waals surface area contributed by atoms with Crippen molar-refractivity contribution in [2.45, 2.75) is 18.9 Å². The molecule has 0 saturated heterocycles. The summed E-state index contributed by atoms with van der Waals surface area (Å²) < 4.78 is 47.5. The Balaban J connectivity index is 1.86. The van der Waals surface area contributed by atoms with E-state index in [2.05, 4.69) is 10.6 Å². The average molecular weight is 648 g/mol. The molecule has 0 aliphatic carbocycles. The van der Waals surface area contributed by atoms with Crippen molar-refractivity contribution in [2.75, 3.05) is 35.8 Å². The number of likely N-dealkylation sites (N-methyl/N-ethyl adjacent to an activating group) is 2. The Morgan fingerprint density at radius 1 is 0.702 bits per heavy atom. The molecule has 4 aromatic rings. The van der Waals surface area contributed by atoms with Gasteiger partial charge in [0.25, 0.3) is 0 Å². The number of ether oxygens (including phenoxy) is 1. The number of hydrogen-bond donors (Lipinski definition) is 2. The maximum Gasteiger partial charge on any atom is 0.418 e. The molecule has 4 rings (SSSR count). The summed E-state index contributed by atoms with van der Waals surface area (Å²) in [6.07, 6.45) is -4.83. The zero-order chi connectivity index (χ0) is 34.2. The Kier molecular flexibility index (Phi) is 10.5. The summed E-state index contributed by atoms with van der Waals surface area (Å²) in [4.78, 5) is 58.4. The van der Waals surface area contributed by atoms with Crippen LogP contribution in [0.2, 0.25) is 0 Å². The van der Waals surface area contributed by atoms with E-state index in [9.17, 15) is 32.3 Å². The number of benzene rings is 4. The lowest BCUT2D eigenvalue weighted by molar-refractivity contribution is -0.171. The summed E-state index contributed by atoms with van der Waals surface area (Å²) >= 11 is 0. The number of halogens is 3. The number of nitrogens with zero attached hydrogens (tertiary/aromatic N) is 3. The molecular formula is C34H32F3N5O5. The maximum atomic E-state index is 14.6. The summed E-state index contributed by atoms with van der Waals surface area (Å²) in [5, 5.41) is 4.46. The Hall–Kier alpha value is -5.85. The SMILES string of the molecule is CC(=O)N(CC(=O)N(C)c1ccccc1)C(NC(=O)Nc1ccccc1C(F)(F)F)(Oc1ccccc1)C(=O)N(C)c1ccccc1. The molecule has 13 heteroatoms. The normalized spacial score (nSPS) is 12.2. The molecule has 0 aromatic heterocycles. The standard InChI is InChI=1S/C34H32F3N5O5/c1-24(43)42(23-30(44)40(2)25-15-7-4-8-16-25)34(47-27-19-11-6-12-20-27,31(45)41(3)26-17-9-5-10-18-26)39-32(46)38-29-22-14-13-21-28(29)33(35,36)37/h4-22H,23H2,1-3H3,(H2,38,39,46). The van der Waals surface area contributed by atoms with E-state index < -0.39 is 53.6 Å². The van der Waals surface area contributed by atoms with E-state index in [4.69, 9.17) is 4.74 Å². The second-order valence-electron chi connectivity index (χ2n) is 10.3. The third-order valence-corrected chi connectivity index (χ3v) is 7.08. The molecule has 10 nitrogen and oxygen atoms in total. The summed E-state index contributed by atoms with van der Waals surface area (Å²) in [6.45, 7) is 0.272. The van der Waals surface area contributed by atoms with E-state index in [1.807, 2.05) is 0 Å². The van der Waals surface area contributed by atoms with Crippen molar-refractivity contribution in [3.05, 3.63) is 121 Å². The highest BCUT2D eigenvalue weighted by Crippen LogP contribution is 2.35. The molecule has 1 atom stereocenters. The largest absolute Gasteiger partial charge is 0.442 e. The fourth-order valence-corrected chi connectivity index (χ4v) is 4.64. The summed E-state index contributed by atoms with van der Waals surface area (Å²) in [7, 11) is 2.82. The van der Waals surface area contributed by atoms with E-state index >= 15 is 0 Å². The minimum atomic E-state index is -4.83. The van der Waals surface area contributed by atoms with Crippen molar-refractivity contribution in [2.24, 2.45) is 0 Å². The molecule has 0 aliphatic heterocycles. The molecule has 4 aromatic carbocycles. The minimum Gasteiger partial charge on any atom is -0.442 e. The molecule has 47 heavy (non-hydrogen) atoms. The van der Waals surface area contributed by atoms with Gasteiger partial charge in [-0.3, -0.25) is 24.6 Å². The number of urea groups is 1. The zero-order valence-electron chi connectivity index (χ0n) is 25.7. The third kappa shape index (κ3) is 8.06. The molecular weight excluding hydrogens is 615 g/mol. The second kappa shape index (κ2) is 14.5. The topological polar surface area (TPSA) is 111 Å². The predicted molar refractivity (Wildman–Crippen MR) is 170 cm³/mol. The Morgan fingerprint density at radius 2 is 1.19 bits per heavy atom. The van der Waals surface area contributed by atoms with Gasteiger partial charge in [0, 0.05) is 32.4 Å².